The van der Waals surface area contributed by atoms with E-state index in [0.717, 1.165) is 38.5 Å². The van der Waals surface area contributed by atoms with Gasteiger partial charge in [0.2, 0.25) is 0 Å². The van der Waals surface area contributed by atoms with Crippen LogP contribution in [0.2, 0.25) is 0 Å². The number of hydrogen-bond donors (Lipinski definition) is 0. The summed E-state index contributed by atoms with van der Waals surface area (Å²) in [5.41, 5.74) is -0.848. The Morgan fingerprint density at radius 3 is 1.80 bits per heavy atom. The molecule has 1 atom stereocenters. The molecule has 0 heterocycles. The molecule has 1 unspecified atom stereocenters. The minimum absolute atomic E-state index is 0.0385. The van der Waals surface area contributed by atoms with Gasteiger partial charge in [0.05, 0.1) is 12.1 Å². The minimum atomic E-state index is -0.498. The first-order valence-corrected chi connectivity index (χ1v) is 8.28. The normalized spacial score (nSPS) is 13.9. The zero-order valence-electron chi connectivity index (χ0n) is 13.7. The van der Waals surface area contributed by atoms with Gasteiger partial charge in [-0.05, 0) is 12.8 Å². The van der Waals surface area contributed by atoms with Crippen LogP contribution in [0.25, 0.3) is 0 Å². The van der Waals surface area contributed by atoms with Crippen LogP contribution in [-0.4, -0.2) is 19.3 Å². The van der Waals surface area contributed by atoms with E-state index in [1.807, 2.05) is 6.92 Å². The molecule has 0 aromatic carbocycles. The first-order chi connectivity index (χ1) is 9.46. The van der Waals surface area contributed by atoms with E-state index in [-0.39, 0.29) is 17.6 Å². The molecule has 2 radical (unpaired) electrons. The van der Waals surface area contributed by atoms with E-state index in [1.54, 1.807) is 0 Å². The van der Waals surface area contributed by atoms with Gasteiger partial charge in [0.25, 0.3) is 0 Å². The fourth-order valence-electron chi connectivity index (χ4n) is 2.66. The summed E-state index contributed by atoms with van der Waals surface area (Å²) in [4.78, 5) is 23.3. The van der Waals surface area contributed by atoms with Crippen molar-refractivity contribution < 1.29 is 9.59 Å². The summed E-state index contributed by atoms with van der Waals surface area (Å²) in [5, 5.41) is 0. The lowest BCUT2D eigenvalue weighted by atomic mass is 9.73. The Balaban J connectivity index is 4.36. The Hall–Kier alpha value is -0.595. The Morgan fingerprint density at radius 2 is 1.30 bits per heavy atom. The van der Waals surface area contributed by atoms with Crippen LogP contribution >= 0.6 is 0 Å². The van der Waals surface area contributed by atoms with E-state index in [0.29, 0.717) is 0 Å². The second-order valence-corrected chi connectivity index (χ2v) is 6.25. The van der Waals surface area contributed by atoms with Gasteiger partial charge in [-0.3, -0.25) is 4.79 Å². The van der Waals surface area contributed by atoms with Gasteiger partial charge in [0, 0.05) is 5.41 Å². The van der Waals surface area contributed by atoms with Crippen molar-refractivity contribution in [1.82, 2.24) is 0 Å². The molecule has 2 nitrogen and oxygen atoms in total. The van der Waals surface area contributed by atoms with Crippen molar-refractivity contribution in [1.29, 1.82) is 0 Å². The molecule has 0 aromatic rings. The maximum Gasteiger partial charge on any atom is 0.168 e. The summed E-state index contributed by atoms with van der Waals surface area (Å²) < 4.78 is 0. The smallest absolute Gasteiger partial charge is 0.168 e. The van der Waals surface area contributed by atoms with Gasteiger partial charge in [0.1, 0.15) is 5.78 Å². The highest BCUT2D eigenvalue weighted by atomic mass is 16.1. The standard InChI is InChI=1S/C17H31BO2/c1-4-6-8-9-11-13-17(3,12-10-7-5-2)15(19)14-16(18)20/h4-14H2,1-3H3. The lowest BCUT2D eigenvalue weighted by molar-refractivity contribution is -0.131. The summed E-state index contributed by atoms with van der Waals surface area (Å²) in [6.07, 6.45) is 11.0. The number of rotatable bonds is 13. The van der Waals surface area contributed by atoms with E-state index >= 15 is 0 Å². The predicted molar refractivity (Wildman–Crippen MR) is 86.0 cm³/mol. The molecule has 0 bridgehead atoms. The third kappa shape index (κ3) is 8.55. The average molecular weight is 278 g/mol. The van der Waals surface area contributed by atoms with Crippen molar-refractivity contribution in [2.45, 2.75) is 91.4 Å². The average Bonchev–Trinajstić information content (AvgIpc) is 2.38. The largest absolute Gasteiger partial charge is 0.312 e. The zero-order chi connectivity index (χ0) is 15.4. The molecule has 0 spiro atoms. The lowest BCUT2D eigenvalue weighted by Gasteiger charge is -2.28. The van der Waals surface area contributed by atoms with E-state index in [2.05, 4.69) is 13.8 Å². The molecule has 0 rings (SSSR count). The van der Waals surface area contributed by atoms with Gasteiger partial charge < -0.3 is 4.79 Å². The molecule has 0 N–H and O–H groups in total. The van der Waals surface area contributed by atoms with Crippen LogP contribution in [0.4, 0.5) is 0 Å². The molecule has 114 valence electrons. The maximum atomic E-state index is 12.3. The maximum absolute atomic E-state index is 12.3. The van der Waals surface area contributed by atoms with E-state index < -0.39 is 5.68 Å². The van der Waals surface area contributed by atoms with Crippen LogP contribution in [0.3, 0.4) is 0 Å². The molecule has 20 heavy (non-hydrogen) atoms. The van der Waals surface area contributed by atoms with Crippen molar-refractivity contribution in [3.63, 3.8) is 0 Å². The second kappa shape index (κ2) is 11.1. The molecular formula is C17H31BO2. The number of hydrogen-bond acceptors (Lipinski definition) is 2. The molecule has 0 saturated heterocycles. The highest BCUT2D eigenvalue weighted by Gasteiger charge is 2.31. The molecule has 0 amide bonds. The first-order valence-electron chi connectivity index (χ1n) is 8.28. The summed E-state index contributed by atoms with van der Waals surface area (Å²) in [6, 6.07) is 0. The van der Waals surface area contributed by atoms with Gasteiger partial charge in [-0.15, -0.1) is 0 Å². The van der Waals surface area contributed by atoms with Crippen LogP contribution in [0, 0.1) is 5.41 Å². The molecule has 0 aliphatic rings. The Morgan fingerprint density at radius 1 is 0.850 bits per heavy atom. The second-order valence-electron chi connectivity index (χ2n) is 6.25. The first kappa shape index (κ1) is 19.4. The number of unbranched alkanes of at least 4 members (excludes halogenated alkanes) is 6. The van der Waals surface area contributed by atoms with E-state index in [1.165, 1.54) is 25.7 Å². The molecule has 0 aromatic heterocycles. The summed E-state index contributed by atoms with van der Waals surface area (Å²) in [5.74, 6) is 0.0385. The van der Waals surface area contributed by atoms with Crippen LogP contribution < -0.4 is 0 Å². The molecule has 3 heteroatoms. The number of carbonyl (C=O) groups is 2. The number of carbonyl (C=O) groups excluding carboxylic acids is 2. The third-order valence-corrected chi connectivity index (χ3v) is 4.17. The monoisotopic (exact) mass is 278 g/mol. The van der Waals surface area contributed by atoms with Crippen LogP contribution in [0.15, 0.2) is 0 Å². The van der Waals surface area contributed by atoms with Gasteiger partial charge >= 0.3 is 0 Å². The highest BCUT2D eigenvalue weighted by Crippen LogP contribution is 2.33. The summed E-state index contributed by atoms with van der Waals surface area (Å²) >= 11 is 0. The minimum Gasteiger partial charge on any atom is -0.312 e. The van der Waals surface area contributed by atoms with Crippen LogP contribution in [0.1, 0.15) is 91.4 Å². The van der Waals surface area contributed by atoms with Gasteiger partial charge in [-0.2, -0.15) is 0 Å². The van der Waals surface area contributed by atoms with Crippen LogP contribution in [-0.2, 0) is 9.59 Å². The molecular weight excluding hydrogens is 247 g/mol. The fourth-order valence-corrected chi connectivity index (χ4v) is 2.66. The topological polar surface area (TPSA) is 34.1 Å². The number of Topliss-reactive ketones (excluding diaryl/α,β-unsaturated/α-hetero) is 1. The van der Waals surface area contributed by atoms with Crippen molar-refractivity contribution >= 4 is 19.3 Å². The highest BCUT2D eigenvalue weighted by molar-refractivity contribution is 6.59. The van der Waals surface area contributed by atoms with E-state index in [4.69, 9.17) is 7.85 Å². The molecule has 0 fully saturated rings. The Kier molecular flexibility index (Phi) is 10.8. The van der Waals surface area contributed by atoms with Gasteiger partial charge in [0.15, 0.2) is 7.85 Å². The molecule has 0 aliphatic carbocycles. The van der Waals surface area contributed by atoms with Crippen molar-refractivity contribution in [3.05, 3.63) is 0 Å². The predicted octanol–water partition coefficient (Wildman–Crippen LogP) is 4.59. The molecule has 0 aliphatic heterocycles. The lowest BCUT2D eigenvalue weighted by Crippen LogP contribution is -2.30. The summed E-state index contributed by atoms with van der Waals surface area (Å²) in [7, 11) is 5.18. The Labute approximate surface area is 126 Å². The quantitative estimate of drug-likeness (QED) is 0.280. The van der Waals surface area contributed by atoms with E-state index in [9.17, 15) is 9.59 Å². The van der Waals surface area contributed by atoms with Crippen molar-refractivity contribution in [2.24, 2.45) is 5.41 Å². The van der Waals surface area contributed by atoms with Crippen molar-refractivity contribution in [3.8, 4) is 0 Å². The number of ketones is 1. The van der Waals surface area contributed by atoms with Gasteiger partial charge in [-0.25, -0.2) is 0 Å². The SMILES string of the molecule is [B]C(=O)CC(=O)C(C)(CCCCC)CCCCCCC. The zero-order valence-corrected chi connectivity index (χ0v) is 13.7. The third-order valence-electron chi connectivity index (χ3n) is 4.17. The fraction of sp³-hybridized carbons (Fsp3) is 0.882. The summed E-state index contributed by atoms with van der Waals surface area (Å²) in [6.45, 7) is 6.38. The van der Waals surface area contributed by atoms with Crippen molar-refractivity contribution in [2.75, 3.05) is 0 Å². The van der Waals surface area contributed by atoms with Crippen LogP contribution in [0.5, 0.6) is 0 Å². The Bertz CT molecular complexity index is 289. The van der Waals surface area contributed by atoms with Gasteiger partial charge in [-0.1, -0.05) is 72.1 Å². The molecule has 0 saturated carbocycles.